The lowest BCUT2D eigenvalue weighted by atomic mass is 10.2. The van der Waals surface area contributed by atoms with Gasteiger partial charge in [0, 0.05) is 32.6 Å². The van der Waals surface area contributed by atoms with Gasteiger partial charge < -0.3 is 24.8 Å². The molecule has 2 N–H and O–H groups in total. The van der Waals surface area contributed by atoms with Crippen LogP contribution in [0.25, 0.3) is 0 Å². The van der Waals surface area contributed by atoms with Crippen molar-refractivity contribution in [1.29, 1.82) is 0 Å². The molecule has 188 valence electrons. The van der Waals surface area contributed by atoms with Crippen LogP contribution in [0.15, 0.2) is 0 Å². The van der Waals surface area contributed by atoms with E-state index in [1.807, 2.05) is 41.5 Å². The van der Waals surface area contributed by atoms with Gasteiger partial charge in [-0.15, -0.1) is 0 Å². The molecule has 0 aliphatic carbocycles. The summed E-state index contributed by atoms with van der Waals surface area (Å²) in [5, 5.41) is 5.50. The molecule has 9 heteroatoms. The zero-order valence-corrected chi connectivity index (χ0v) is 21.2. The van der Waals surface area contributed by atoms with Crippen LogP contribution in [0.1, 0.15) is 80.6 Å². The number of rotatable bonds is 14. The highest BCUT2D eigenvalue weighted by molar-refractivity contribution is 5.69. The number of nitrogens with zero attached hydrogens (tertiary/aromatic N) is 1. The van der Waals surface area contributed by atoms with Crippen LogP contribution in [0.4, 0.5) is 9.59 Å². The Morgan fingerprint density at radius 3 is 1.69 bits per heavy atom. The molecule has 0 saturated heterocycles. The molecule has 32 heavy (non-hydrogen) atoms. The number of carbonyl (C=O) groups excluding carboxylic acids is 3. The topological polar surface area (TPSA) is 106 Å². The summed E-state index contributed by atoms with van der Waals surface area (Å²) in [7, 11) is 0. The quantitative estimate of drug-likeness (QED) is 0.231. The minimum Gasteiger partial charge on any atom is -0.466 e. The van der Waals surface area contributed by atoms with Gasteiger partial charge in [0.2, 0.25) is 0 Å². The van der Waals surface area contributed by atoms with Crippen molar-refractivity contribution >= 4 is 18.2 Å². The number of alkyl carbamates (subject to hydrolysis) is 2. The van der Waals surface area contributed by atoms with E-state index in [9.17, 15) is 14.4 Å². The van der Waals surface area contributed by atoms with Crippen molar-refractivity contribution in [3.63, 3.8) is 0 Å². The van der Waals surface area contributed by atoms with Crippen LogP contribution in [0.5, 0.6) is 0 Å². The van der Waals surface area contributed by atoms with Crippen molar-refractivity contribution in [2.24, 2.45) is 0 Å². The van der Waals surface area contributed by atoms with Gasteiger partial charge in [-0.2, -0.15) is 0 Å². The maximum atomic E-state index is 11.8. The normalized spacial score (nSPS) is 11.8. The Kier molecular flexibility index (Phi) is 14.7. The van der Waals surface area contributed by atoms with Crippen LogP contribution >= 0.6 is 0 Å². The largest absolute Gasteiger partial charge is 0.466 e. The first kappa shape index (κ1) is 30.0. The summed E-state index contributed by atoms with van der Waals surface area (Å²) < 4.78 is 15.7. The smallest absolute Gasteiger partial charge is 0.407 e. The predicted molar refractivity (Wildman–Crippen MR) is 125 cm³/mol. The third-order valence-corrected chi connectivity index (χ3v) is 4.06. The molecule has 0 unspecified atom stereocenters. The molecule has 0 fully saturated rings. The molecule has 0 aliphatic heterocycles. The van der Waals surface area contributed by atoms with Crippen LogP contribution in [-0.2, 0) is 19.0 Å². The van der Waals surface area contributed by atoms with E-state index in [0.717, 1.165) is 32.2 Å². The Balaban J connectivity index is 4.41. The molecule has 0 radical (unpaired) electrons. The monoisotopic (exact) mass is 459 g/mol. The molecular formula is C23H45N3O6. The number of nitrogens with one attached hydrogen (secondary N) is 2. The molecular weight excluding hydrogens is 414 g/mol. The van der Waals surface area contributed by atoms with Gasteiger partial charge in [-0.3, -0.25) is 9.69 Å². The Hall–Kier alpha value is -2.03. The number of ether oxygens (including phenoxy) is 3. The first-order valence-electron chi connectivity index (χ1n) is 11.6. The van der Waals surface area contributed by atoms with Gasteiger partial charge in [-0.25, -0.2) is 9.59 Å². The van der Waals surface area contributed by atoms with E-state index >= 15 is 0 Å². The highest BCUT2D eigenvalue weighted by Gasteiger charge is 2.17. The van der Waals surface area contributed by atoms with Gasteiger partial charge in [0.05, 0.1) is 6.61 Å². The average molecular weight is 460 g/mol. The van der Waals surface area contributed by atoms with Crippen LogP contribution in [0.2, 0.25) is 0 Å². The van der Waals surface area contributed by atoms with Crippen LogP contribution in [0.3, 0.4) is 0 Å². The molecule has 0 heterocycles. The molecule has 0 bridgehead atoms. The molecule has 0 atom stereocenters. The van der Waals surface area contributed by atoms with Crippen molar-refractivity contribution < 1.29 is 28.6 Å². The van der Waals surface area contributed by atoms with E-state index in [4.69, 9.17) is 14.2 Å². The van der Waals surface area contributed by atoms with E-state index in [0.29, 0.717) is 39.2 Å². The van der Waals surface area contributed by atoms with Crippen molar-refractivity contribution in [2.45, 2.75) is 91.8 Å². The lowest BCUT2D eigenvalue weighted by molar-refractivity contribution is -0.143. The number of amides is 2. The highest BCUT2D eigenvalue weighted by Crippen LogP contribution is 2.07. The zero-order valence-electron chi connectivity index (χ0n) is 21.2. The van der Waals surface area contributed by atoms with Crippen LogP contribution in [0, 0.1) is 0 Å². The summed E-state index contributed by atoms with van der Waals surface area (Å²) in [6, 6.07) is 0. The van der Waals surface area contributed by atoms with Gasteiger partial charge in [-0.1, -0.05) is 13.3 Å². The summed E-state index contributed by atoms with van der Waals surface area (Å²) >= 11 is 0. The second-order valence-corrected chi connectivity index (χ2v) is 9.73. The molecule has 0 aromatic rings. The third kappa shape index (κ3) is 19.9. The van der Waals surface area contributed by atoms with Crippen LogP contribution < -0.4 is 10.6 Å². The number of carbonyl (C=O) groups is 3. The molecule has 0 aliphatic rings. The molecule has 0 aromatic heterocycles. The highest BCUT2D eigenvalue weighted by atomic mass is 16.6. The van der Waals surface area contributed by atoms with Gasteiger partial charge in [0.15, 0.2) is 0 Å². The Morgan fingerprint density at radius 1 is 0.750 bits per heavy atom. The number of hydrogen-bond acceptors (Lipinski definition) is 7. The molecule has 0 saturated carbocycles. The molecule has 0 spiro atoms. The Labute approximate surface area is 193 Å². The average Bonchev–Trinajstić information content (AvgIpc) is 2.62. The van der Waals surface area contributed by atoms with Gasteiger partial charge >= 0.3 is 18.2 Å². The van der Waals surface area contributed by atoms with Gasteiger partial charge in [0.1, 0.15) is 11.2 Å². The first-order chi connectivity index (χ1) is 14.8. The second kappa shape index (κ2) is 15.7. The van der Waals surface area contributed by atoms with Crippen molar-refractivity contribution in [3.05, 3.63) is 0 Å². The molecule has 0 rings (SSSR count). The summed E-state index contributed by atoms with van der Waals surface area (Å²) in [4.78, 5) is 37.5. The fourth-order valence-electron chi connectivity index (χ4n) is 2.60. The van der Waals surface area contributed by atoms with E-state index in [1.54, 1.807) is 0 Å². The summed E-state index contributed by atoms with van der Waals surface area (Å²) in [6.45, 7) is 16.2. The fraction of sp³-hybridized carbons (Fsp3) is 0.870. The van der Waals surface area contributed by atoms with Crippen molar-refractivity contribution in [3.8, 4) is 0 Å². The van der Waals surface area contributed by atoms with E-state index in [1.165, 1.54) is 0 Å². The zero-order chi connectivity index (χ0) is 24.6. The van der Waals surface area contributed by atoms with Crippen molar-refractivity contribution in [1.82, 2.24) is 15.5 Å². The van der Waals surface area contributed by atoms with E-state index < -0.39 is 23.4 Å². The molecule has 0 aromatic carbocycles. The summed E-state index contributed by atoms with van der Waals surface area (Å²) in [6.07, 6.45) is 2.89. The molecule has 9 nitrogen and oxygen atoms in total. The summed E-state index contributed by atoms with van der Waals surface area (Å²) in [5.74, 6) is -0.164. The number of hydrogen-bond donors (Lipinski definition) is 2. The maximum absolute atomic E-state index is 11.8. The standard InChI is InChI=1S/C23H45N3O6/c1-8-9-18-30-19(27)12-10-11-15-26(16-13-24-20(28)31-22(2,3)4)17-14-25-21(29)32-23(5,6)7/h8-18H2,1-7H3,(H,24,28)(H,25,29). The van der Waals surface area contributed by atoms with Gasteiger partial charge in [0.25, 0.3) is 0 Å². The maximum Gasteiger partial charge on any atom is 0.407 e. The van der Waals surface area contributed by atoms with Crippen molar-refractivity contribution in [2.75, 3.05) is 39.3 Å². The lowest BCUT2D eigenvalue weighted by Gasteiger charge is -2.24. The van der Waals surface area contributed by atoms with Crippen LogP contribution in [-0.4, -0.2) is 73.6 Å². The lowest BCUT2D eigenvalue weighted by Crippen LogP contribution is -2.42. The van der Waals surface area contributed by atoms with E-state index in [2.05, 4.69) is 22.5 Å². The Morgan fingerprint density at radius 2 is 1.25 bits per heavy atom. The minimum absolute atomic E-state index is 0.164. The molecule has 2 amide bonds. The predicted octanol–water partition coefficient (Wildman–Crippen LogP) is 3.85. The summed E-state index contributed by atoms with van der Waals surface area (Å²) in [5.41, 5.74) is -1.10. The number of unbranched alkanes of at least 4 members (excludes halogenated alkanes) is 2. The SMILES string of the molecule is CCCCOC(=O)CCCCN(CCNC(=O)OC(C)(C)C)CCNC(=O)OC(C)(C)C. The fourth-order valence-corrected chi connectivity index (χ4v) is 2.60. The second-order valence-electron chi connectivity index (χ2n) is 9.73. The Bertz CT molecular complexity index is 521. The first-order valence-corrected chi connectivity index (χ1v) is 11.6. The third-order valence-electron chi connectivity index (χ3n) is 4.06. The van der Waals surface area contributed by atoms with Gasteiger partial charge in [-0.05, 0) is 67.3 Å². The number of esters is 1. The van der Waals surface area contributed by atoms with E-state index in [-0.39, 0.29) is 5.97 Å². The minimum atomic E-state index is -0.549.